The highest BCUT2D eigenvalue weighted by Crippen LogP contribution is 2.30. The van der Waals surface area contributed by atoms with Gasteiger partial charge in [0, 0.05) is 12.1 Å². The average Bonchev–Trinajstić information content (AvgIpc) is 2.34. The molecule has 1 aromatic carbocycles. The molecule has 4 N–H and O–H groups in total. The number of aliphatic carboxylic acids is 1. The molecule has 110 valence electrons. The van der Waals surface area contributed by atoms with Crippen LogP contribution in [0, 0.1) is 0 Å². The van der Waals surface area contributed by atoms with E-state index in [1.54, 1.807) is 0 Å². The number of hydrogen-bond acceptors (Lipinski definition) is 3. The number of nitrogens with one attached hydrogen (secondary N) is 1. The highest BCUT2D eigenvalue weighted by Gasteiger charge is 2.57. The number of carbonyl (C=O) groups is 2. The maximum Gasteiger partial charge on any atom is 0.417 e. The van der Waals surface area contributed by atoms with Crippen molar-refractivity contribution >= 4 is 11.9 Å². The molecule has 0 aliphatic carbocycles. The zero-order chi connectivity index (χ0) is 15.6. The van der Waals surface area contributed by atoms with Crippen molar-refractivity contribution in [1.29, 1.82) is 0 Å². The molecule has 0 radical (unpaired) electrons. The van der Waals surface area contributed by atoms with E-state index >= 15 is 0 Å². The van der Waals surface area contributed by atoms with Crippen molar-refractivity contribution in [1.82, 2.24) is 5.32 Å². The van der Waals surface area contributed by atoms with Crippen molar-refractivity contribution in [3.63, 3.8) is 0 Å². The maximum absolute atomic E-state index is 12.7. The maximum atomic E-state index is 12.7. The molecule has 1 amide bonds. The summed E-state index contributed by atoms with van der Waals surface area (Å²) in [6.07, 6.45) is -4.96. The van der Waals surface area contributed by atoms with Gasteiger partial charge in [0.2, 0.25) is 11.4 Å². The number of carboxylic acids is 1. The van der Waals surface area contributed by atoms with E-state index in [-0.39, 0.29) is 12.1 Å². The number of amides is 1. The molecule has 1 aromatic rings. The zero-order valence-corrected chi connectivity index (χ0v) is 10.5. The fraction of sp³-hybridized carbons (Fsp3) is 0.333. The van der Waals surface area contributed by atoms with Crippen molar-refractivity contribution in [3.05, 3.63) is 35.4 Å². The predicted molar refractivity (Wildman–Crippen MR) is 63.9 cm³/mol. The Hall–Kier alpha value is -2.09. The molecule has 0 aromatic heterocycles. The summed E-state index contributed by atoms with van der Waals surface area (Å²) in [5.74, 6) is -2.75. The molecular formula is C12H13F3N2O3. The van der Waals surface area contributed by atoms with E-state index in [4.69, 9.17) is 10.8 Å². The van der Waals surface area contributed by atoms with E-state index in [2.05, 4.69) is 0 Å². The third-order valence-electron chi connectivity index (χ3n) is 2.85. The summed E-state index contributed by atoms with van der Waals surface area (Å²) in [7, 11) is 0. The smallest absolute Gasteiger partial charge is 0.417 e. The second kappa shape index (κ2) is 5.49. The third kappa shape index (κ3) is 3.27. The van der Waals surface area contributed by atoms with Crippen molar-refractivity contribution < 1.29 is 27.9 Å². The van der Waals surface area contributed by atoms with Crippen LogP contribution in [-0.4, -0.2) is 28.7 Å². The first-order valence-corrected chi connectivity index (χ1v) is 5.52. The molecule has 8 heteroatoms. The van der Waals surface area contributed by atoms with E-state index in [1.165, 1.54) is 24.3 Å². The first-order chi connectivity index (χ1) is 9.08. The van der Waals surface area contributed by atoms with E-state index in [1.807, 2.05) is 5.32 Å². The van der Waals surface area contributed by atoms with Crippen molar-refractivity contribution in [3.8, 4) is 0 Å². The summed E-state index contributed by atoms with van der Waals surface area (Å²) in [5.41, 5.74) is 2.43. The molecule has 20 heavy (non-hydrogen) atoms. The predicted octanol–water partition coefficient (Wildman–Crippen LogP) is 1.28. The molecule has 0 spiro atoms. The molecule has 0 aliphatic rings. The van der Waals surface area contributed by atoms with Crippen LogP contribution in [0.15, 0.2) is 24.3 Å². The largest absolute Gasteiger partial charge is 0.480 e. The number of halogens is 3. The van der Waals surface area contributed by atoms with Gasteiger partial charge >= 0.3 is 12.1 Å². The van der Waals surface area contributed by atoms with Crippen LogP contribution in [0.1, 0.15) is 22.8 Å². The third-order valence-corrected chi connectivity index (χ3v) is 2.85. The van der Waals surface area contributed by atoms with Gasteiger partial charge < -0.3 is 10.8 Å². The van der Waals surface area contributed by atoms with Crippen molar-refractivity contribution in [2.24, 2.45) is 5.73 Å². The lowest BCUT2D eigenvalue weighted by Crippen LogP contribution is -2.59. The summed E-state index contributed by atoms with van der Waals surface area (Å²) in [6.45, 7) is 0.163. The number of nitrogens with two attached hydrogens (primary N) is 1. The van der Waals surface area contributed by atoms with Gasteiger partial charge in [0.25, 0.3) is 0 Å². The van der Waals surface area contributed by atoms with Crippen LogP contribution in [-0.2, 0) is 11.3 Å². The molecule has 0 saturated carbocycles. The van der Waals surface area contributed by atoms with Gasteiger partial charge in [-0.3, -0.25) is 10.1 Å². The van der Waals surface area contributed by atoms with Crippen LogP contribution < -0.4 is 11.1 Å². The summed E-state index contributed by atoms with van der Waals surface area (Å²) >= 11 is 0. The summed E-state index contributed by atoms with van der Waals surface area (Å²) in [6, 6.07) is 5.61. The summed E-state index contributed by atoms with van der Waals surface area (Å²) in [5, 5.41) is 10.7. The van der Waals surface area contributed by atoms with Gasteiger partial charge in [-0.2, -0.15) is 13.2 Å². The number of alkyl halides is 3. The molecular weight excluding hydrogens is 277 g/mol. The highest BCUT2D eigenvalue weighted by molar-refractivity contribution is 5.92. The lowest BCUT2D eigenvalue weighted by atomic mass is 10.0. The topological polar surface area (TPSA) is 92.4 Å². The molecule has 1 rings (SSSR count). The molecule has 0 bridgehead atoms. The fourth-order valence-electron chi connectivity index (χ4n) is 1.41. The van der Waals surface area contributed by atoms with Gasteiger partial charge in [0.1, 0.15) is 0 Å². The minimum absolute atomic E-state index is 0.133. The van der Waals surface area contributed by atoms with Crippen molar-refractivity contribution in [2.75, 3.05) is 0 Å². The molecule has 0 heterocycles. The minimum atomic E-state index is -4.96. The number of hydrogen-bond donors (Lipinski definition) is 3. The second-order valence-corrected chi connectivity index (χ2v) is 4.35. The van der Waals surface area contributed by atoms with E-state index in [9.17, 15) is 22.8 Å². The zero-order valence-electron chi connectivity index (χ0n) is 10.5. The Morgan fingerprint density at radius 2 is 1.95 bits per heavy atom. The van der Waals surface area contributed by atoms with E-state index < -0.39 is 23.6 Å². The van der Waals surface area contributed by atoms with E-state index in [0.717, 1.165) is 0 Å². The molecule has 0 aliphatic heterocycles. The Morgan fingerprint density at radius 1 is 1.35 bits per heavy atom. The van der Waals surface area contributed by atoms with Crippen LogP contribution in [0.4, 0.5) is 13.2 Å². The van der Waals surface area contributed by atoms with Gasteiger partial charge in [-0.1, -0.05) is 12.1 Å². The van der Waals surface area contributed by atoms with Crippen LogP contribution in [0.25, 0.3) is 0 Å². The lowest BCUT2D eigenvalue weighted by molar-refractivity contribution is -0.206. The monoisotopic (exact) mass is 290 g/mol. The Kier molecular flexibility index (Phi) is 4.39. The Morgan fingerprint density at radius 3 is 2.40 bits per heavy atom. The molecule has 5 nitrogen and oxygen atoms in total. The molecule has 0 saturated heterocycles. The number of carbonyl (C=O) groups excluding carboxylic acids is 1. The molecule has 1 atom stereocenters. The standard InChI is InChI=1S/C12H13F3N2O3/c1-11(10(19)20,12(13,14)15)17-6-7-3-2-4-8(5-7)9(16)18/h2-5,17H,6H2,1H3,(H2,16,18)(H,19,20). The van der Waals surface area contributed by atoms with Crippen LogP contribution >= 0.6 is 0 Å². The lowest BCUT2D eigenvalue weighted by Gasteiger charge is -2.28. The van der Waals surface area contributed by atoms with Crippen molar-refractivity contribution in [2.45, 2.75) is 25.2 Å². The second-order valence-electron chi connectivity index (χ2n) is 4.35. The van der Waals surface area contributed by atoms with Gasteiger partial charge in [-0.25, -0.2) is 4.79 Å². The van der Waals surface area contributed by atoms with Crippen LogP contribution in [0.2, 0.25) is 0 Å². The van der Waals surface area contributed by atoms with Crippen LogP contribution in [0.5, 0.6) is 0 Å². The Balaban J connectivity index is 2.92. The number of benzene rings is 1. The van der Waals surface area contributed by atoms with Gasteiger partial charge in [-0.15, -0.1) is 0 Å². The quantitative estimate of drug-likeness (QED) is 0.761. The number of rotatable bonds is 5. The molecule has 0 fully saturated rings. The average molecular weight is 290 g/mol. The van der Waals surface area contributed by atoms with Gasteiger partial charge in [-0.05, 0) is 24.6 Å². The SMILES string of the molecule is CC(NCc1cccc(C(N)=O)c1)(C(=O)O)C(F)(F)F. The first-order valence-electron chi connectivity index (χ1n) is 5.52. The number of primary amides is 1. The summed E-state index contributed by atoms with van der Waals surface area (Å²) < 4.78 is 38.2. The molecule has 1 unspecified atom stereocenters. The Bertz CT molecular complexity index is 531. The summed E-state index contributed by atoms with van der Waals surface area (Å²) in [4.78, 5) is 21.8. The first kappa shape index (κ1) is 16.0. The fourth-order valence-corrected chi connectivity index (χ4v) is 1.41. The van der Waals surface area contributed by atoms with Gasteiger partial charge in [0.05, 0.1) is 0 Å². The number of carboxylic acid groups (broad SMARTS) is 1. The minimum Gasteiger partial charge on any atom is -0.480 e. The van der Waals surface area contributed by atoms with Crippen LogP contribution in [0.3, 0.4) is 0 Å². The van der Waals surface area contributed by atoms with Gasteiger partial charge in [0.15, 0.2) is 0 Å². The Labute approximate surface area is 112 Å². The van der Waals surface area contributed by atoms with E-state index in [0.29, 0.717) is 12.5 Å². The normalized spacial score (nSPS) is 14.6. The highest BCUT2D eigenvalue weighted by atomic mass is 19.4.